The molecule has 4 rings (SSSR count). The van der Waals surface area contributed by atoms with Crippen molar-refractivity contribution >= 4 is 40.6 Å². The number of nitrogens with zero attached hydrogens (tertiary/aromatic N) is 2. The standard InChI is InChI=1S/C25H29N5O5S/c1-13-6-7-14(2)17(11-13)30(25(33)22-19(26)20(23(27)31)29-36-22)21(18-9-8-15(3)35-18)24(32)28-12-16-5-4-10-34-16/h6-9,11,16,21H,4-5,10,12,26H2,1-3H3,(H2,27,31)(H,28,32)/t16-,21-/m0/s1. The van der Waals surface area contributed by atoms with E-state index in [0.717, 1.165) is 35.5 Å². The summed E-state index contributed by atoms with van der Waals surface area (Å²) in [5, 5.41) is 2.93. The van der Waals surface area contributed by atoms with Crippen LogP contribution in [-0.2, 0) is 9.53 Å². The first-order valence-electron chi connectivity index (χ1n) is 11.6. The number of rotatable bonds is 8. The summed E-state index contributed by atoms with van der Waals surface area (Å²) in [7, 11) is 0. The van der Waals surface area contributed by atoms with Gasteiger partial charge in [-0.25, -0.2) is 0 Å². The number of ether oxygens (including phenoxy) is 1. The minimum Gasteiger partial charge on any atom is -0.464 e. The van der Waals surface area contributed by atoms with Gasteiger partial charge in [0.05, 0.1) is 11.8 Å². The van der Waals surface area contributed by atoms with E-state index in [1.54, 1.807) is 19.1 Å². The van der Waals surface area contributed by atoms with Crippen LogP contribution >= 0.6 is 11.5 Å². The third-order valence-electron chi connectivity index (χ3n) is 6.06. The van der Waals surface area contributed by atoms with E-state index in [-0.39, 0.29) is 28.1 Å². The van der Waals surface area contributed by atoms with Gasteiger partial charge in [0, 0.05) is 18.8 Å². The molecule has 10 nitrogen and oxygen atoms in total. The number of furan rings is 1. The van der Waals surface area contributed by atoms with E-state index in [2.05, 4.69) is 9.69 Å². The lowest BCUT2D eigenvalue weighted by molar-refractivity contribution is -0.123. The molecule has 0 bridgehead atoms. The third kappa shape index (κ3) is 5.12. The highest BCUT2D eigenvalue weighted by Gasteiger charge is 2.38. The van der Waals surface area contributed by atoms with Gasteiger partial charge in [0.1, 0.15) is 16.4 Å². The largest absolute Gasteiger partial charge is 0.464 e. The molecule has 5 N–H and O–H groups in total. The van der Waals surface area contributed by atoms with Gasteiger partial charge in [0.2, 0.25) is 0 Å². The summed E-state index contributed by atoms with van der Waals surface area (Å²) in [4.78, 5) is 40.9. The molecule has 190 valence electrons. The summed E-state index contributed by atoms with van der Waals surface area (Å²) in [6.45, 7) is 6.45. The maximum absolute atomic E-state index is 14.1. The monoisotopic (exact) mass is 511 g/mol. The van der Waals surface area contributed by atoms with Gasteiger partial charge in [-0.1, -0.05) is 12.1 Å². The van der Waals surface area contributed by atoms with E-state index < -0.39 is 23.8 Å². The molecule has 1 aliphatic rings. The number of primary amides is 1. The third-order valence-corrected chi connectivity index (χ3v) is 6.91. The van der Waals surface area contributed by atoms with Crippen molar-refractivity contribution in [2.24, 2.45) is 5.73 Å². The molecule has 11 heteroatoms. The molecule has 2 aromatic heterocycles. The van der Waals surface area contributed by atoms with Crippen molar-refractivity contribution in [2.75, 3.05) is 23.8 Å². The Morgan fingerprint density at radius 2 is 2.00 bits per heavy atom. The van der Waals surface area contributed by atoms with Gasteiger partial charge in [-0.3, -0.25) is 19.3 Å². The quantitative estimate of drug-likeness (QED) is 0.420. The number of benzene rings is 1. The second kappa shape index (κ2) is 10.5. The molecule has 0 aliphatic carbocycles. The van der Waals surface area contributed by atoms with Crippen LogP contribution in [0.4, 0.5) is 11.4 Å². The molecule has 0 radical (unpaired) electrons. The van der Waals surface area contributed by atoms with Crippen molar-refractivity contribution in [3.63, 3.8) is 0 Å². The molecular formula is C25H29N5O5S. The number of aryl methyl sites for hydroxylation is 3. The fourth-order valence-electron chi connectivity index (χ4n) is 4.17. The molecule has 2 atom stereocenters. The lowest BCUT2D eigenvalue weighted by Gasteiger charge is -2.31. The Bertz CT molecular complexity index is 1290. The van der Waals surface area contributed by atoms with Crippen LogP contribution in [0.1, 0.15) is 61.7 Å². The Balaban J connectivity index is 1.83. The van der Waals surface area contributed by atoms with Gasteiger partial charge in [-0.2, -0.15) is 4.37 Å². The number of amides is 3. The maximum atomic E-state index is 14.1. The van der Waals surface area contributed by atoms with Crippen molar-refractivity contribution in [3.05, 3.63) is 63.6 Å². The average Bonchev–Trinajstić information content (AvgIpc) is 3.58. The number of nitrogen functional groups attached to an aromatic ring is 1. The predicted octanol–water partition coefficient (Wildman–Crippen LogP) is 3.03. The summed E-state index contributed by atoms with van der Waals surface area (Å²) in [5.41, 5.74) is 13.3. The molecule has 1 fully saturated rings. The van der Waals surface area contributed by atoms with Crippen LogP contribution in [0.3, 0.4) is 0 Å². The van der Waals surface area contributed by atoms with Gasteiger partial charge >= 0.3 is 0 Å². The zero-order valence-corrected chi connectivity index (χ0v) is 21.2. The summed E-state index contributed by atoms with van der Waals surface area (Å²) in [6, 6.07) is 7.83. The first-order valence-corrected chi connectivity index (χ1v) is 12.4. The van der Waals surface area contributed by atoms with Crippen LogP contribution in [0.25, 0.3) is 0 Å². The van der Waals surface area contributed by atoms with Crippen LogP contribution in [0.15, 0.2) is 34.7 Å². The number of hydrogen-bond acceptors (Lipinski definition) is 8. The van der Waals surface area contributed by atoms with Crippen LogP contribution < -0.4 is 21.7 Å². The minimum absolute atomic E-state index is 0.00455. The Morgan fingerprint density at radius 3 is 2.61 bits per heavy atom. The summed E-state index contributed by atoms with van der Waals surface area (Å²) in [6.07, 6.45) is 1.69. The fourth-order valence-corrected chi connectivity index (χ4v) is 4.92. The number of nitrogens with two attached hydrogens (primary N) is 2. The van der Waals surface area contributed by atoms with E-state index in [0.29, 0.717) is 24.6 Å². The first kappa shape index (κ1) is 25.4. The highest BCUT2D eigenvalue weighted by molar-refractivity contribution is 7.09. The van der Waals surface area contributed by atoms with Crippen molar-refractivity contribution < 1.29 is 23.5 Å². The number of hydrogen-bond donors (Lipinski definition) is 3. The number of aromatic nitrogens is 1. The van der Waals surface area contributed by atoms with Gasteiger partial charge < -0.3 is 25.9 Å². The molecule has 3 amide bonds. The highest BCUT2D eigenvalue weighted by atomic mass is 32.1. The Morgan fingerprint density at radius 1 is 1.22 bits per heavy atom. The average molecular weight is 512 g/mol. The molecule has 0 spiro atoms. The molecule has 3 heterocycles. The van der Waals surface area contributed by atoms with Gasteiger partial charge in [-0.05, 0) is 74.5 Å². The van der Waals surface area contributed by atoms with Crippen molar-refractivity contribution in [1.29, 1.82) is 0 Å². The van der Waals surface area contributed by atoms with E-state index in [9.17, 15) is 14.4 Å². The topological polar surface area (TPSA) is 154 Å². The second-order valence-corrected chi connectivity index (χ2v) is 9.61. The molecule has 3 aromatic rings. The molecule has 0 saturated carbocycles. The Hall–Kier alpha value is -3.70. The Labute approximate surface area is 212 Å². The minimum atomic E-state index is -1.16. The van der Waals surface area contributed by atoms with Crippen LogP contribution in [-0.4, -0.2) is 41.4 Å². The maximum Gasteiger partial charge on any atom is 0.273 e. The molecule has 1 saturated heterocycles. The fraction of sp³-hybridized carbons (Fsp3) is 0.360. The summed E-state index contributed by atoms with van der Waals surface area (Å²) < 4.78 is 15.5. The normalized spacial score (nSPS) is 16.0. The molecule has 1 aliphatic heterocycles. The van der Waals surface area contributed by atoms with Crippen LogP contribution in [0.2, 0.25) is 0 Å². The first-order chi connectivity index (χ1) is 17.2. The van der Waals surface area contributed by atoms with Crippen molar-refractivity contribution in [1.82, 2.24) is 9.69 Å². The van der Waals surface area contributed by atoms with Gasteiger partial charge in [-0.15, -0.1) is 0 Å². The van der Waals surface area contributed by atoms with Crippen molar-refractivity contribution in [2.45, 2.75) is 45.8 Å². The predicted molar refractivity (Wildman–Crippen MR) is 136 cm³/mol. The smallest absolute Gasteiger partial charge is 0.273 e. The highest BCUT2D eigenvalue weighted by Crippen LogP contribution is 2.36. The van der Waals surface area contributed by atoms with Crippen LogP contribution in [0.5, 0.6) is 0 Å². The van der Waals surface area contributed by atoms with Crippen molar-refractivity contribution in [3.8, 4) is 0 Å². The number of nitrogens with one attached hydrogen (secondary N) is 1. The molecular weight excluding hydrogens is 482 g/mol. The van der Waals surface area contributed by atoms with Gasteiger partial charge in [0.25, 0.3) is 17.7 Å². The van der Waals surface area contributed by atoms with E-state index >= 15 is 0 Å². The summed E-state index contributed by atoms with van der Waals surface area (Å²) >= 11 is 0.760. The molecule has 0 unspecified atom stereocenters. The number of carbonyl (C=O) groups excluding carboxylic acids is 3. The zero-order valence-electron chi connectivity index (χ0n) is 20.4. The van der Waals surface area contributed by atoms with E-state index in [1.165, 1.54) is 4.90 Å². The zero-order chi connectivity index (χ0) is 26.0. The lowest BCUT2D eigenvalue weighted by atomic mass is 10.0. The Kier molecular flexibility index (Phi) is 7.41. The van der Waals surface area contributed by atoms with Gasteiger partial charge in [0.15, 0.2) is 11.7 Å². The van der Waals surface area contributed by atoms with Crippen LogP contribution in [0, 0.1) is 20.8 Å². The molecule has 36 heavy (non-hydrogen) atoms. The SMILES string of the molecule is Cc1ccc(C)c(N(C(=O)c2snc(C(N)=O)c2N)[C@H](C(=O)NC[C@@H]2CCCO2)c2ccc(C)o2)c1. The lowest BCUT2D eigenvalue weighted by Crippen LogP contribution is -2.45. The molecule has 1 aromatic carbocycles. The number of carbonyl (C=O) groups is 3. The van der Waals surface area contributed by atoms with E-state index in [4.69, 9.17) is 20.6 Å². The number of anilines is 2. The second-order valence-electron chi connectivity index (χ2n) is 8.83. The van der Waals surface area contributed by atoms with E-state index in [1.807, 2.05) is 32.0 Å². The summed E-state index contributed by atoms with van der Waals surface area (Å²) in [5.74, 6) is -1.01.